The highest BCUT2D eigenvalue weighted by atomic mass is 16.2. The fourth-order valence-corrected chi connectivity index (χ4v) is 2.10. The summed E-state index contributed by atoms with van der Waals surface area (Å²) in [5.41, 5.74) is 9.18. The Labute approximate surface area is 84.4 Å². The molecule has 4 N–H and O–H groups in total. The van der Waals surface area contributed by atoms with Crippen molar-refractivity contribution in [2.45, 2.75) is 25.7 Å². The van der Waals surface area contributed by atoms with E-state index in [1.54, 1.807) is 6.82 Å². The van der Waals surface area contributed by atoms with Crippen LogP contribution in [0.1, 0.15) is 11.1 Å². The summed E-state index contributed by atoms with van der Waals surface area (Å²) in [5.74, 6) is 0. The first-order valence-corrected chi connectivity index (χ1v) is 4.96. The summed E-state index contributed by atoms with van der Waals surface area (Å²) in [7, 11) is -0.438. The molecule has 1 aliphatic rings. The molecular weight excluding hydrogens is 175 g/mol. The molecule has 0 amide bonds. The van der Waals surface area contributed by atoms with Crippen molar-refractivity contribution in [1.29, 1.82) is 0 Å². The highest BCUT2D eigenvalue weighted by molar-refractivity contribution is 6.45. The highest BCUT2D eigenvalue weighted by Gasteiger charge is 2.22. The minimum absolute atomic E-state index is 0.354. The van der Waals surface area contributed by atoms with Crippen LogP contribution in [0.4, 0.5) is 5.69 Å². The second-order valence-electron chi connectivity index (χ2n) is 3.98. The Balaban J connectivity index is 2.10. The number of anilines is 1. The molecule has 0 radical (unpaired) electrons. The first kappa shape index (κ1) is 9.56. The van der Waals surface area contributed by atoms with E-state index < -0.39 is 7.05 Å². The van der Waals surface area contributed by atoms with Gasteiger partial charge in [-0.05, 0) is 42.9 Å². The van der Waals surface area contributed by atoms with Gasteiger partial charge in [0.1, 0.15) is 0 Å². The van der Waals surface area contributed by atoms with E-state index in [9.17, 15) is 5.02 Å². The van der Waals surface area contributed by atoms with Gasteiger partial charge in [-0.3, -0.25) is 0 Å². The van der Waals surface area contributed by atoms with Gasteiger partial charge in [0.05, 0.1) is 0 Å². The lowest BCUT2D eigenvalue weighted by Crippen LogP contribution is -2.40. The Morgan fingerprint density at radius 1 is 1.43 bits per heavy atom. The number of hydrogen-bond acceptors (Lipinski definition) is 3. The zero-order valence-corrected chi connectivity index (χ0v) is 8.33. The third-order valence-electron chi connectivity index (χ3n) is 2.64. The fourth-order valence-electron chi connectivity index (χ4n) is 2.10. The predicted octanol–water partition coefficient (Wildman–Crippen LogP) is 0.436. The maximum Gasteiger partial charge on any atom is 0.373 e. The second-order valence-corrected chi connectivity index (χ2v) is 3.98. The van der Waals surface area contributed by atoms with Crippen LogP contribution in [0.3, 0.4) is 0 Å². The van der Waals surface area contributed by atoms with Crippen molar-refractivity contribution in [1.82, 2.24) is 5.23 Å². The van der Waals surface area contributed by atoms with Gasteiger partial charge in [-0.2, -0.15) is 0 Å². The molecule has 2 rings (SSSR count). The van der Waals surface area contributed by atoms with Gasteiger partial charge < -0.3 is 16.0 Å². The molecule has 0 aliphatic heterocycles. The van der Waals surface area contributed by atoms with Crippen molar-refractivity contribution in [2.24, 2.45) is 0 Å². The molecule has 0 aromatic heterocycles. The number of nitrogens with one attached hydrogen (secondary N) is 1. The van der Waals surface area contributed by atoms with Crippen LogP contribution in [0.5, 0.6) is 0 Å². The molecule has 74 valence electrons. The van der Waals surface area contributed by atoms with E-state index in [2.05, 4.69) is 11.3 Å². The number of nitrogen functional groups attached to an aromatic ring is 1. The summed E-state index contributed by atoms with van der Waals surface area (Å²) >= 11 is 0. The van der Waals surface area contributed by atoms with Crippen LogP contribution >= 0.6 is 0 Å². The van der Waals surface area contributed by atoms with E-state index in [1.807, 2.05) is 12.1 Å². The van der Waals surface area contributed by atoms with E-state index >= 15 is 0 Å². The molecule has 0 bridgehead atoms. The van der Waals surface area contributed by atoms with Gasteiger partial charge in [-0.15, -0.1) is 0 Å². The van der Waals surface area contributed by atoms with Crippen LogP contribution in [-0.4, -0.2) is 18.1 Å². The SMILES string of the molecule is CB(O)NC1Cc2ccc(N)cc2C1. The lowest BCUT2D eigenvalue weighted by molar-refractivity contribution is 0.521. The van der Waals surface area contributed by atoms with Gasteiger partial charge in [0.2, 0.25) is 0 Å². The van der Waals surface area contributed by atoms with Gasteiger partial charge in [-0.25, -0.2) is 0 Å². The normalized spacial score (nSPS) is 19.4. The summed E-state index contributed by atoms with van der Waals surface area (Å²) in [6, 6.07) is 6.39. The molecule has 1 atom stereocenters. The molecule has 0 spiro atoms. The standard InChI is InChI=1S/C10H15BN2O/c1-11(14)13-10-5-7-2-3-9(12)4-8(7)6-10/h2-4,10,13-14H,5-6,12H2,1H3. The third kappa shape index (κ3) is 1.91. The molecule has 0 saturated heterocycles. The maximum atomic E-state index is 9.21. The molecule has 1 aliphatic carbocycles. The van der Waals surface area contributed by atoms with E-state index in [0.29, 0.717) is 6.04 Å². The van der Waals surface area contributed by atoms with Crippen molar-refractivity contribution < 1.29 is 5.02 Å². The fraction of sp³-hybridized carbons (Fsp3) is 0.400. The van der Waals surface area contributed by atoms with Crippen LogP contribution in [-0.2, 0) is 12.8 Å². The van der Waals surface area contributed by atoms with Crippen molar-refractivity contribution in [3.05, 3.63) is 29.3 Å². The summed E-state index contributed by atoms with van der Waals surface area (Å²) in [4.78, 5) is 0. The van der Waals surface area contributed by atoms with Crippen molar-refractivity contribution >= 4 is 12.7 Å². The number of benzene rings is 1. The predicted molar refractivity (Wildman–Crippen MR) is 59.0 cm³/mol. The highest BCUT2D eigenvalue weighted by Crippen LogP contribution is 2.24. The quantitative estimate of drug-likeness (QED) is 0.468. The Bertz CT molecular complexity index is 341. The number of fused-ring (bicyclic) bond motifs is 1. The summed E-state index contributed by atoms with van der Waals surface area (Å²) in [5, 5.41) is 12.3. The van der Waals surface area contributed by atoms with E-state index in [1.165, 1.54) is 11.1 Å². The maximum absolute atomic E-state index is 9.21. The molecule has 0 saturated carbocycles. The average molecular weight is 190 g/mol. The van der Waals surface area contributed by atoms with Gasteiger partial charge in [0.25, 0.3) is 0 Å². The Kier molecular flexibility index (Phi) is 2.48. The summed E-state index contributed by atoms with van der Waals surface area (Å²) < 4.78 is 0. The molecule has 1 aromatic carbocycles. The minimum Gasteiger partial charge on any atom is -0.437 e. The van der Waals surface area contributed by atoms with E-state index in [0.717, 1.165) is 18.5 Å². The van der Waals surface area contributed by atoms with Gasteiger partial charge >= 0.3 is 7.05 Å². The smallest absolute Gasteiger partial charge is 0.373 e. The third-order valence-corrected chi connectivity index (χ3v) is 2.64. The largest absolute Gasteiger partial charge is 0.437 e. The average Bonchev–Trinajstić information content (AvgIpc) is 2.44. The number of hydrogen-bond donors (Lipinski definition) is 3. The topological polar surface area (TPSA) is 58.3 Å². The Morgan fingerprint density at radius 3 is 2.86 bits per heavy atom. The monoisotopic (exact) mass is 190 g/mol. The van der Waals surface area contributed by atoms with Gasteiger partial charge in [0.15, 0.2) is 0 Å². The zero-order valence-electron chi connectivity index (χ0n) is 8.33. The first-order valence-electron chi connectivity index (χ1n) is 4.96. The van der Waals surface area contributed by atoms with E-state index in [4.69, 9.17) is 5.73 Å². The van der Waals surface area contributed by atoms with Crippen molar-refractivity contribution in [3.8, 4) is 0 Å². The van der Waals surface area contributed by atoms with Crippen LogP contribution in [0.2, 0.25) is 6.82 Å². The molecule has 4 heteroatoms. The van der Waals surface area contributed by atoms with Crippen LogP contribution in [0.15, 0.2) is 18.2 Å². The van der Waals surface area contributed by atoms with Crippen LogP contribution in [0, 0.1) is 0 Å². The summed E-state index contributed by atoms with van der Waals surface area (Å²) in [6.45, 7) is 1.75. The molecule has 0 fully saturated rings. The molecule has 0 heterocycles. The van der Waals surface area contributed by atoms with E-state index in [-0.39, 0.29) is 0 Å². The lowest BCUT2D eigenvalue weighted by atomic mass is 9.87. The van der Waals surface area contributed by atoms with Crippen LogP contribution in [0.25, 0.3) is 0 Å². The minimum atomic E-state index is -0.438. The Hall–Kier alpha value is -0.995. The summed E-state index contributed by atoms with van der Waals surface area (Å²) in [6.07, 6.45) is 1.95. The molecular formula is C10H15BN2O. The van der Waals surface area contributed by atoms with Gasteiger partial charge in [-0.1, -0.05) is 6.07 Å². The Morgan fingerprint density at radius 2 is 2.14 bits per heavy atom. The molecule has 1 unspecified atom stereocenters. The number of rotatable bonds is 2. The molecule has 1 aromatic rings. The lowest BCUT2D eigenvalue weighted by Gasteiger charge is -2.11. The van der Waals surface area contributed by atoms with Crippen LogP contribution < -0.4 is 11.0 Å². The first-order chi connectivity index (χ1) is 6.65. The second kappa shape index (κ2) is 3.63. The molecule has 14 heavy (non-hydrogen) atoms. The van der Waals surface area contributed by atoms with Crippen molar-refractivity contribution in [3.63, 3.8) is 0 Å². The number of nitrogens with two attached hydrogens (primary N) is 1. The molecule has 3 nitrogen and oxygen atoms in total. The zero-order chi connectivity index (χ0) is 10.1. The van der Waals surface area contributed by atoms with Crippen molar-refractivity contribution in [2.75, 3.05) is 5.73 Å². The van der Waals surface area contributed by atoms with Gasteiger partial charge in [0, 0.05) is 11.7 Å².